The summed E-state index contributed by atoms with van der Waals surface area (Å²) < 4.78 is 20.2. The fourth-order valence-corrected chi connectivity index (χ4v) is 3.82. The molecule has 174 valence electrons. The molecule has 4 rings (SSSR count). The number of anilines is 1. The summed E-state index contributed by atoms with van der Waals surface area (Å²) in [6.45, 7) is 1.83. The highest BCUT2D eigenvalue weighted by Gasteiger charge is 2.32. The van der Waals surface area contributed by atoms with E-state index in [2.05, 4.69) is 10.3 Å². The van der Waals surface area contributed by atoms with Gasteiger partial charge in [0, 0.05) is 30.6 Å². The van der Waals surface area contributed by atoms with Crippen LogP contribution in [0.1, 0.15) is 24.5 Å². The van der Waals surface area contributed by atoms with Gasteiger partial charge in [-0.3, -0.25) is 14.7 Å². The lowest BCUT2D eigenvalue weighted by atomic mass is 9.98. The van der Waals surface area contributed by atoms with Gasteiger partial charge in [0.2, 0.25) is 5.91 Å². The molecule has 7 nitrogen and oxygen atoms in total. The number of halogens is 1. The maximum absolute atomic E-state index is 15.0. The zero-order valence-electron chi connectivity index (χ0n) is 18.8. The molecule has 0 unspecified atom stereocenters. The molecule has 3 aromatic rings. The van der Waals surface area contributed by atoms with E-state index in [0.29, 0.717) is 28.9 Å². The number of nitrogens with zero attached hydrogens (tertiary/aromatic N) is 2. The molecule has 0 aliphatic carbocycles. The number of hydrogen-bond acceptors (Lipinski definition) is 5. The van der Waals surface area contributed by atoms with Crippen molar-refractivity contribution in [3.63, 3.8) is 0 Å². The van der Waals surface area contributed by atoms with Crippen molar-refractivity contribution in [1.29, 1.82) is 5.41 Å². The van der Waals surface area contributed by atoms with Crippen molar-refractivity contribution in [2.45, 2.75) is 25.9 Å². The van der Waals surface area contributed by atoms with Gasteiger partial charge in [-0.2, -0.15) is 0 Å². The Bertz CT molecular complexity index is 1200. The van der Waals surface area contributed by atoms with Gasteiger partial charge in [-0.05, 0) is 59.9 Å². The molecule has 8 heteroatoms. The van der Waals surface area contributed by atoms with Gasteiger partial charge in [0.25, 0.3) is 0 Å². The van der Waals surface area contributed by atoms with Crippen LogP contribution in [0.25, 0.3) is 11.1 Å². The van der Waals surface area contributed by atoms with Crippen LogP contribution in [-0.2, 0) is 16.0 Å². The molecule has 1 fully saturated rings. The number of rotatable bonds is 8. The van der Waals surface area contributed by atoms with Crippen molar-refractivity contribution < 1.29 is 18.7 Å². The van der Waals surface area contributed by atoms with Crippen LogP contribution in [0.3, 0.4) is 0 Å². The Balaban J connectivity index is 1.41. The lowest BCUT2D eigenvalue weighted by molar-refractivity contribution is -0.119. The number of carbonyl (C=O) groups is 2. The lowest BCUT2D eigenvalue weighted by Gasteiger charge is -2.15. The number of ether oxygens (including phenoxy) is 1. The van der Waals surface area contributed by atoms with E-state index < -0.39 is 18.0 Å². The number of pyridine rings is 1. The van der Waals surface area contributed by atoms with Crippen LogP contribution in [0.4, 0.5) is 14.9 Å². The Morgan fingerprint density at radius 1 is 1.18 bits per heavy atom. The van der Waals surface area contributed by atoms with E-state index in [1.807, 2.05) is 24.3 Å². The maximum atomic E-state index is 15.0. The summed E-state index contributed by atoms with van der Waals surface area (Å²) in [5.41, 5.74) is 3.91. The van der Waals surface area contributed by atoms with Crippen molar-refractivity contribution in [1.82, 2.24) is 10.3 Å². The van der Waals surface area contributed by atoms with Crippen molar-refractivity contribution in [3.8, 4) is 11.1 Å². The van der Waals surface area contributed by atoms with E-state index >= 15 is 0 Å². The molecular weight excluding hydrogens is 435 g/mol. The molecule has 2 N–H and O–H groups in total. The van der Waals surface area contributed by atoms with Gasteiger partial charge in [-0.15, -0.1) is 0 Å². The van der Waals surface area contributed by atoms with Crippen LogP contribution >= 0.6 is 0 Å². The first-order valence-corrected chi connectivity index (χ1v) is 11.0. The molecule has 1 aliphatic rings. The standard InChI is InChI=1S/C26H25FN4O3/c1-17(32)30-15-22-16-31(26(33)34-22)21-7-8-23(24(27)14-21)19-3-5-20(6-4-19)25(28)9-2-18-10-12-29-13-11-18/h3-8,10-14,22,28H,2,9,15-16H2,1H3,(H,30,32)/t22-/m0/s1. The molecule has 1 saturated heterocycles. The summed E-state index contributed by atoms with van der Waals surface area (Å²) in [5, 5.41) is 11.0. The molecule has 2 heterocycles. The molecule has 1 atom stereocenters. The van der Waals surface area contributed by atoms with Crippen LogP contribution < -0.4 is 10.2 Å². The molecule has 0 bridgehead atoms. The van der Waals surface area contributed by atoms with Crippen molar-refractivity contribution in [2.75, 3.05) is 18.0 Å². The summed E-state index contributed by atoms with van der Waals surface area (Å²) in [4.78, 5) is 28.6. The summed E-state index contributed by atoms with van der Waals surface area (Å²) in [6.07, 6.45) is 3.78. The second-order valence-electron chi connectivity index (χ2n) is 8.13. The normalized spacial score (nSPS) is 15.2. The molecule has 0 saturated carbocycles. The van der Waals surface area contributed by atoms with E-state index in [0.717, 1.165) is 17.5 Å². The SMILES string of the molecule is CC(=O)NC[C@H]1CN(c2ccc(-c3ccc(C(=N)CCc4ccncc4)cc3)c(F)c2)C(=O)O1. The van der Waals surface area contributed by atoms with Gasteiger partial charge < -0.3 is 15.5 Å². The minimum atomic E-state index is -0.572. The molecule has 34 heavy (non-hydrogen) atoms. The largest absolute Gasteiger partial charge is 0.442 e. The second-order valence-corrected chi connectivity index (χ2v) is 8.13. The molecule has 2 amide bonds. The Morgan fingerprint density at radius 3 is 2.59 bits per heavy atom. The molecule has 1 aliphatic heterocycles. The van der Waals surface area contributed by atoms with E-state index in [1.165, 1.54) is 17.9 Å². The summed E-state index contributed by atoms with van der Waals surface area (Å²) >= 11 is 0. The molecule has 0 radical (unpaired) electrons. The number of aryl methyl sites for hydroxylation is 1. The topological polar surface area (TPSA) is 95.4 Å². The van der Waals surface area contributed by atoms with Crippen molar-refractivity contribution >= 4 is 23.4 Å². The van der Waals surface area contributed by atoms with E-state index in [4.69, 9.17) is 10.1 Å². The average Bonchev–Trinajstić information content (AvgIpc) is 3.22. The van der Waals surface area contributed by atoms with Gasteiger partial charge in [0.1, 0.15) is 11.9 Å². The number of amides is 2. The highest BCUT2D eigenvalue weighted by atomic mass is 19.1. The third kappa shape index (κ3) is 5.46. The lowest BCUT2D eigenvalue weighted by Crippen LogP contribution is -2.33. The number of nitrogens with one attached hydrogen (secondary N) is 2. The minimum absolute atomic E-state index is 0.209. The Labute approximate surface area is 197 Å². The third-order valence-corrected chi connectivity index (χ3v) is 5.67. The predicted molar refractivity (Wildman–Crippen MR) is 128 cm³/mol. The predicted octanol–water partition coefficient (Wildman–Crippen LogP) is 4.35. The van der Waals surface area contributed by atoms with Gasteiger partial charge >= 0.3 is 6.09 Å². The highest BCUT2D eigenvalue weighted by molar-refractivity contribution is 5.98. The van der Waals surface area contributed by atoms with Gasteiger partial charge in [0.05, 0.1) is 18.8 Å². The smallest absolute Gasteiger partial charge is 0.414 e. The van der Waals surface area contributed by atoms with Gasteiger partial charge in [-0.25, -0.2) is 9.18 Å². The molecule has 2 aromatic carbocycles. The van der Waals surface area contributed by atoms with Crippen LogP contribution in [0.2, 0.25) is 0 Å². The molecule has 1 aromatic heterocycles. The Morgan fingerprint density at radius 2 is 1.91 bits per heavy atom. The van der Waals surface area contributed by atoms with E-state index in [-0.39, 0.29) is 19.0 Å². The Hall–Kier alpha value is -4.07. The Kier molecular flexibility index (Phi) is 6.96. The van der Waals surface area contributed by atoms with Crippen LogP contribution in [-0.4, -0.2) is 41.9 Å². The van der Waals surface area contributed by atoms with Crippen LogP contribution in [0, 0.1) is 11.2 Å². The quantitative estimate of drug-likeness (QED) is 0.489. The average molecular weight is 461 g/mol. The first-order chi connectivity index (χ1) is 16.4. The zero-order chi connectivity index (χ0) is 24.1. The van der Waals surface area contributed by atoms with Crippen LogP contribution in [0.5, 0.6) is 0 Å². The first-order valence-electron chi connectivity index (χ1n) is 11.0. The molecular formula is C26H25FN4O3. The fourth-order valence-electron chi connectivity index (χ4n) is 3.82. The van der Waals surface area contributed by atoms with Crippen molar-refractivity contribution in [2.24, 2.45) is 0 Å². The van der Waals surface area contributed by atoms with Gasteiger partial charge in [-0.1, -0.05) is 24.3 Å². The van der Waals surface area contributed by atoms with E-state index in [9.17, 15) is 14.0 Å². The summed E-state index contributed by atoms with van der Waals surface area (Å²) in [5.74, 6) is -0.670. The zero-order valence-corrected chi connectivity index (χ0v) is 18.8. The number of cyclic esters (lactones) is 1. The minimum Gasteiger partial charge on any atom is -0.442 e. The third-order valence-electron chi connectivity index (χ3n) is 5.67. The highest BCUT2D eigenvalue weighted by Crippen LogP contribution is 2.29. The summed E-state index contributed by atoms with van der Waals surface area (Å²) in [7, 11) is 0. The number of aromatic nitrogens is 1. The second kappa shape index (κ2) is 10.2. The first kappa shape index (κ1) is 23.1. The number of hydrogen-bond donors (Lipinski definition) is 2. The number of benzene rings is 2. The van der Waals surface area contributed by atoms with Crippen molar-refractivity contribution in [3.05, 3.63) is 83.9 Å². The number of carbonyl (C=O) groups excluding carboxylic acids is 2. The monoisotopic (exact) mass is 460 g/mol. The van der Waals surface area contributed by atoms with Gasteiger partial charge in [0.15, 0.2) is 0 Å². The van der Waals surface area contributed by atoms with Crippen LogP contribution in [0.15, 0.2) is 67.0 Å². The maximum Gasteiger partial charge on any atom is 0.414 e. The summed E-state index contributed by atoms with van der Waals surface area (Å²) in [6, 6.07) is 15.7. The fraction of sp³-hybridized carbons (Fsp3) is 0.231. The van der Waals surface area contributed by atoms with E-state index in [1.54, 1.807) is 36.7 Å². The molecule has 0 spiro atoms.